The van der Waals surface area contributed by atoms with Gasteiger partial charge in [0.05, 0.1) is 16.7 Å². The molecular weight excluding hydrogens is 329 g/mol. The van der Waals surface area contributed by atoms with Crippen molar-refractivity contribution in [3.8, 4) is 11.3 Å². The minimum atomic E-state index is -0.500. The van der Waals surface area contributed by atoms with E-state index in [1.807, 2.05) is 54.6 Å². The van der Waals surface area contributed by atoms with Gasteiger partial charge in [0, 0.05) is 12.6 Å². The molecule has 5 aromatic rings. The summed E-state index contributed by atoms with van der Waals surface area (Å²) < 4.78 is 18.2. The van der Waals surface area contributed by atoms with Gasteiger partial charge in [0.15, 0.2) is 11.5 Å². The number of benzene rings is 3. The van der Waals surface area contributed by atoms with Gasteiger partial charge in [-0.25, -0.2) is 18.6 Å². The Balaban J connectivity index is 1.98. The number of fused-ring (bicyclic) bond motifs is 4. The maximum absolute atomic E-state index is 15.5. The lowest BCUT2D eigenvalue weighted by atomic mass is 10.0. The minimum absolute atomic E-state index is 0.0530. The molecule has 5 heteroatoms. The van der Waals surface area contributed by atoms with Crippen LogP contribution < -0.4 is 5.69 Å². The normalized spacial score (nSPS) is 11.6. The van der Waals surface area contributed by atoms with Gasteiger partial charge in [-0.2, -0.15) is 0 Å². The average Bonchev–Trinajstić information content (AvgIpc) is 3.07. The third-order valence-electron chi connectivity index (χ3n) is 4.82. The fourth-order valence-electron chi connectivity index (χ4n) is 3.60. The van der Waals surface area contributed by atoms with E-state index in [2.05, 4.69) is 4.98 Å². The zero-order chi connectivity index (χ0) is 17.8. The lowest BCUT2D eigenvalue weighted by Gasteiger charge is -2.13. The van der Waals surface area contributed by atoms with Gasteiger partial charge in [-0.05, 0) is 22.9 Å². The maximum Gasteiger partial charge on any atom is 0.334 e. The third-order valence-corrected chi connectivity index (χ3v) is 4.82. The minimum Gasteiger partial charge on any atom is -0.293 e. The summed E-state index contributed by atoms with van der Waals surface area (Å²) in [5.41, 5.74) is 1.85. The van der Waals surface area contributed by atoms with Crippen molar-refractivity contribution >= 4 is 27.5 Å². The second kappa shape index (κ2) is 5.26. The molecule has 3 aromatic carbocycles. The number of para-hydroxylation sites is 2. The zero-order valence-electron chi connectivity index (χ0n) is 14.0. The molecule has 0 aliphatic heterocycles. The Hall–Kier alpha value is -3.47. The van der Waals surface area contributed by atoms with Crippen molar-refractivity contribution in [1.82, 2.24) is 14.0 Å². The van der Waals surface area contributed by atoms with Gasteiger partial charge in [-0.1, -0.05) is 54.6 Å². The van der Waals surface area contributed by atoms with Crippen molar-refractivity contribution in [3.05, 3.63) is 83.0 Å². The molecule has 2 heterocycles. The van der Waals surface area contributed by atoms with E-state index in [-0.39, 0.29) is 17.0 Å². The Bertz CT molecular complexity index is 1380. The Morgan fingerprint density at radius 1 is 0.923 bits per heavy atom. The highest BCUT2D eigenvalue weighted by molar-refractivity contribution is 5.96. The standard InChI is InChI=1S/C21H14FN3O/c1-24-19(15-10-6-8-13-7-2-3-9-14(13)15)18(22)20-23-16-11-4-5-12-17(16)25(20)21(24)26/h2-12H,1H3. The Morgan fingerprint density at radius 2 is 1.65 bits per heavy atom. The predicted octanol–water partition coefficient (Wildman–Crippen LogP) is 4.15. The van der Waals surface area contributed by atoms with E-state index >= 15 is 4.39 Å². The highest BCUT2D eigenvalue weighted by Gasteiger charge is 2.21. The topological polar surface area (TPSA) is 39.3 Å². The molecule has 126 valence electrons. The molecule has 0 unspecified atom stereocenters. The number of imidazole rings is 1. The quantitative estimate of drug-likeness (QED) is 0.459. The first kappa shape index (κ1) is 14.8. The Labute approximate surface area is 147 Å². The molecule has 0 saturated heterocycles. The van der Waals surface area contributed by atoms with Crippen LogP contribution in [0.2, 0.25) is 0 Å². The molecule has 0 saturated carbocycles. The molecule has 5 rings (SSSR count). The van der Waals surface area contributed by atoms with Gasteiger partial charge < -0.3 is 0 Å². The molecule has 0 bridgehead atoms. The number of hydrogen-bond acceptors (Lipinski definition) is 2. The molecule has 4 nitrogen and oxygen atoms in total. The second-order valence-electron chi connectivity index (χ2n) is 6.29. The SMILES string of the molecule is Cn1c(-c2cccc3ccccc23)c(F)c2nc3ccccc3n2c1=O. The number of nitrogens with zero attached hydrogens (tertiary/aromatic N) is 3. The van der Waals surface area contributed by atoms with Gasteiger partial charge in [-0.15, -0.1) is 0 Å². The molecular formula is C21H14FN3O. The van der Waals surface area contributed by atoms with Crippen LogP contribution in [0.4, 0.5) is 4.39 Å². The van der Waals surface area contributed by atoms with E-state index in [9.17, 15) is 4.79 Å². The predicted molar refractivity (Wildman–Crippen MR) is 101 cm³/mol. The van der Waals surface area contributed by atoms with Crippen molar-refractivity contribution in [2.24, 2.45) is 7.05 Å². The van der Waals surface area contributed by atoms with Crippen LogP contribution in [0.3, 0.4) is 0 Å². The van der Waals surface area contributed by atoms with E-state index in [1.54, 1.807) is 19.2 Å². The molecule has 0 amide bonds. The van der Waals surface area contributed by atoms with E-state index in [1.165, 1.54) is 8.97 Å². The van der Waals surface area contributed by atoms with Crippen molar-refractivity contribution in [2.75, 3.05) is 0 Å². The van der Waals surface area contributed by atoms with Crippen LogP contribution in [-0.2, 0) is 7.05 Å². The first-order chi connectivity index (χ1) is 12.7. The summed E-state index contributed by atoms with van der Waals surface area (Å²) in [7, 11) is 1.59. The van der Waals surface area contributed by atoms with Crippen molar-refractivity contribution in [1.29, 1.82) is 0 Å². The maximum atomic E-state index is 15.5. The van der Waals surface area contributed by atoms with Gasteiger partial charge in [0.25, 0.3) is 0 Å². The summed E-state index contributed by atoms with van der Waals surface area (Å²) in [6.07, 6.45) is 0. The first-order valence-electron chi connectivity index (χ1n) is 8.30. The summed E-state index contributed by atoms with van der Waals surface area (Å²) in [5.74, 6) is -0.500. The van der Waals surface area contributed by atoms with E-state index in [0.29, 0.717) is 16.6 Å². The molecule has 0 aliphatic carbocycles. The highest BCUT2D eigenvalue weighted by Crippen LogP contribution is 2.31. The fraction of sp³-hybridized carbons (Fsp3) is 0.0476. The van der Waals surface area contributed by atoms with Gasteiger partial charge in [0.1, 0.15) is 0 Å². The fourth-order valence-corrected chi connectivity index (χ4v) is 3.60. The van der Waals surface area contributed by atoms with Crippen molar-refractivity contribution < 1.29 is 4.39 Å². The number of hydrogen-bond donors (Lipinski definition) is 0. The number of halogens is 1. The molecule has 0 aliphatic rings. The van der Waals surface area contributed by atoms with E-state index < -0.39 is 5.82 Å². The van der Waals surface area contributed by atoms with Crippen LogP contribution in [0.15, 0.2) is 71.5 Å². The van der Waals surface area contributed by atoms with Crippen LogP contribution in [0.25, 0.3) is 38.7 Å². The zero-order valence-corrected chi connectivity index (χ0v) is 14.0. The van der Waals surface area contributed by atoms with Crippen LogP contribution >= 0.6 is 0 Å². The molecule has 0 N–H and O–H groups in total. The molecule has 2 aromatic heterocycles. The number of aromatic nitrogens is 3. The van der Waals surface area contributed by atoms with Crippen molar-refractivity contribution in [3.63, 3.8) is 0 Å². The van der Waals surface area contributed by atoms with Crippen molar-refractivity contribution in [2.45, 2.75) is 0 Å². The smallest absolute Gasteiger partial charge is 0.293 e. The molecule has 26 heavy (non-hydrogen) atoms. The van der Waals surface area contributed by atoms with Crippen LogP contribution in [0, 0.1) is 5.82 Å². The number of rotatable bonds is 1. The first-order valence-corrected chi connectivity index (χ1v) is 8.30. The molecule has 0 spiro atoms. The summed E-state index contributed by atoms with van der Waals surface area (Å²) in [6, 6.07) is 20.6. The van der Waals surface area contributed by atoms with E-state index in [4.69, 9.17) is 0 Å². The lowest BCUT2D eigenvalue weighted by molar-refractivity contribution is 0.606. The average molecular weight is 343 g/mol. The lowest BCUT2D eigenvalue weighted by Crippen LogP contribution is -2.27. The molecule has 0 radical (unpaired) electrons. The van der Waals surface area contributed by atoms with Gasteiger partial charge >= 0.3 is 5.69 Å². The summed E-state index contributed by atoms with van der Waals surface area (Å²) in [5, 5.41) is 1.88. The summed E-state index contributed by atoms with van der Waals surface area (Å²) >= 11 is 0. The highest BCUT2D eigenvalue weighted by atomic mass is 19.1. The Kier molecular flexibility index (Phi) is 3.00. The van der Waals surface area contributed by atoms with Gasteiger partial charge in [-0.3, -0.25) is 4.57 Å². The summed E-state index contributed by atoms with van der Waals surface area (Å²) in [6.45, 7) is 0. The largest absolute Gasteiger partial charge is 0.334 e. The summed E-state index contributed by atoms with van der Waals surface area (Å²) in [4.78, 5) is 17.4. The third kappa shape index (κ3) is 1.88. The monoisotopic (exact) mass is 343 g/mol. The molecule has 0 atom stereocenters. The van der Waals surface area contributed by atoms with Crippen LogP contribution in [0.5, 0.6) is 0 Å². The van der Waals surface area contributed by atoms with Crippen LogP contribution in [0.1, 0.15) is 0 Å². The Morgan fingerprint density at radius 3 is 2.54 bits per heavy atom. The van der Waals surface area contributed by atoms with Crippen LogP contribution in [-0.4, -0.2) is 14.0 Å². The molecule has 0 fully saturated rings. The van der Waals surface area contributed by atoms with E-state index in [0.717, 1.165) is 10.8 Å². The second-order valence-corrected chi connectivity index (χ2v) is 6.29. The van der Waals surface area contributed by atoms with Gasteiger partial charge in [0.2, 0.25) is 0 Å².